The minimum absolute atomic E-state index is 0.0419. The van der Waals surface area contributed by atoms with Crippen molar-refractivity contribution < 1.29 is 22.3 Å². The van der Waals surface area contributed by atoms with Crippen molar-refractivity contribution in [1.29, 1.82) is 0 Å². The second-order valence-electron chi connectivity index (χ2n) is 7.01. The van der Waals surface area contributed by atoms with Crippen LogP contribution in [0.5, 0.6) is 5.75 Å². The summed E-state index contributed by atoms with van der Waals surface area (Å²) in [5.74, 6) is -0.0250. The summed E-state index contributed by atoms with van der Waals surface area (Å²) in [5.41, 5.74) is 0.850. The van der Waals surface area contributed by atoms with Crippen molar-refractivity contribution in [2.24, 2.45) is 0 Å². The highest BCUT2D eigenvalue weighted by atomic mass is 32.2. The molecular weight excluding hydrogens is 395 g/mol. The molecule has 1 N–H and O–H groups in total. The van der Waals surface area contributed by atoms with Gasteiger partial charge in [0.05, 0.1) is 12.0 Å². The highest BCUT2D eigenvalue weighted by Crippen LogP contribution is 2.27. The Morgan fingerprint density at radius 1 is 1.17 bits per heavy atom. The van der Waals surface area contributed by atoms with Gasteiger partial charge in [-0.1, -0.05) is 24.6 Å². The number of carbonyl (C=O) groups is 1. The van der Waals surface area contributed by atoms with Gasteiger partial charge < -0.3 is 10.1 Å². The molecule has 0 aliphatic carbocycles. The number of carbonyl (C=O) groups excluding carboxylic acids is 1. The molecule has 0 aromatic heterocycles. The van der Waals surface area contributed by atoms with Crippen LogP contribution in [-0.4, -0.2) is 38.3 Å². The zero-order chi connectivity index (χ0) is 20.9. The third-order valence-electron chi connectivity index (χ3n) is 5.08. The van der Waals surface area contributed by atoms with Gasteiger partial charge in [0.2, 0.25) is 15.9 Å². The van der Waals surface area contributed by atoms with Crippen LogP contribution in [-0.2, 0) is 21.4 Å². The summed E-state index contributed by atoms with van der Waals surface area (Å²) in [6.45, 7) is 0.657. The van der Waals surface area contributed by atoms with E-state index in [4.69, 9.17) is 4.74 Å². The molecule has 0 bridgehead atoms. The molecule has 2 aromatic rings. The number of para-hydroxylation sites is 1. The van der Waals surface area contributed by atoms with Gasteiger partial charge in [-0.3, -0.25) is 4.79 Å². The lowest BCUT2D eigenvalue weighted by atomic mass is 10.0. The third kappa shape index (κ3) is 5.13. The van der Waals surface area contributed by atoms with Crippen LogP contribution in [0.4, 0.5) is 4.39 Å². The van der Waals surface area contributed by atoms with Crippen LogP contribution in [0, 0.1) is 5.82 Å². The van der Waals surface area contributed by atoms with E-state index in [2.05, 4.69) is 5.32 Å². The van der Waals surface area contributed by atoms with Gasteiger partial charge >= 0.3 is 0 Å². The largest absolute Gasteiger partial charge is 0.496 e. The van der Waals surface area contributed by atoms with E-state index in [1.54, 1.807) is 7.11 Å². The lowest BCUT2D eigenvalue weighted by Gasteiger charge is -2.34. The first-order valence-corrected chi connectivity index (χ1v) is 11.0. The van der Waals surface area contributed by atoms with Crippen LogP contribution < -0.4 is 10.1 Å². The molecule has 1 aliphatic heterocycles. The van der Waals surface area contributed by atoms with Crippen molar-refractivity contribution in [1.82, 2.24) is 9.62 Å². The molecule has 3 rings (SSSR count). The van der Waals surface area contributed by atoms with Crippen molar-refractivity contribution >= 4 is 15.9 Å². The maximum atomic E-state index is 13.2. The van der Waals surface area contributed by atoms with Gasteiger partial charge in [0.1, 0.15) is 11.6 Å². The number of halogens is 1. The molecule has 1 atom stereocenters. The molecule has 29 heavy (non-hydrogen) atoms. The number of methoxy groups -OCH3 is 1. The third-order valence-corrected chi connectivity index (χ3v) is 7.05. The number of nitrogens with one attached hydrogen (secondary N) is 1. The number of nitrogens with zero attached hydrogens (tertiary/aromatic N) is 1. The first-order chi connectivity index (χ1) is 13.9. The van der Waals surface area contributed by atoms with E-state index in [1.807, 2.05) is 24.3 Å². The summed E-state index contributed by atoms with van der Waals surface area (Å²) in [6, 6.07) is 11.8. The highest BCUT2D eigenvalue weighted by molar-refractivity contribution is 7.89. The molecule has 2 aromatic carbocycles. The van der Waals surface area contributed by atoms with E-state index in [-0.39, 0.29) is 17.2 Å². The molecule has 0 spiro atoms. The Morgan fingerprint density at radius 3 is 2.62 bits per heavy atom. The number of sulfonamides is 1. The molecule has 8 heteroatoms. The quantitative estimate of drug-likeness (QED) is 0.747. The smallest absolute Gasteiger partial charge is 0.243 e. The van der Waals surface area contributed by atoms with Gasteiger partial charge in [-0.05, 0) is 43.2 Å². The number of piperidine rings is 1. The first kappa shape index (κ1) is 21.3. The molecule has 6 nitrogen and oxygen atoms in total. The van der Waals surface area contributed by atoms with Gasteiger partial charge in [-0.25, -0.2) is 12.8 Å². The average Bonchev–Trinajstić information content (AvgIpc) is 2.73. The normalized spacial score (nSPS) is 17.7. The van der Waals surface area contributed by atoms with Crippen LogP contribution >= 0.6 is 0 Å². The summed E-state index contributed by atoms with van der Waals surface area (Å²) in [5, 5.41) is 2.85. The minimum atomic E-state index is -3.78. The van der Waals surface area contributed by atoms with E-state index in [0.29, 0.717) is 25.3 Å². The summed E-state index contributed by atoms with van der Waals surface area (Å²) >= 11 is 0. The predicted octanol–water partition coefficient (Wildman–Crippen LogP) is 3.08. The number of amides is 1. The van der Waals surface area contributed by atoms with Crippen molar-refractivity contribution in [3.8, 4) is 5.75 Å². The molecule has 1 saturated heterocycles. The molecule has 1 aliphatic rings. The zero-order valence-corrected chi connectivity index (χ0v) is 17.1. The molecule has 1 fully saturated rings. The van der Waals surface area contributed by atoms with E-state index in [0.717, 1.165) is 30.5 Å². The predicted molar refractivity (Wildman–Crippen MR) is 107 cm³/mol. The van der Waals surface area contributed by atoms with Gasteiger partial charge in [-0.2, -0.15) is 4.31 Å². The fourth-order valence-electron chi connectivity index (χ4n) is 3.57. The maximum absolute atomic E-state index is 13.2. The minimum Gasteiger partial charge on any atom is -0.496 e. The zero-order valence-electron chi connectivity index (χ0n) is 16.3. The fraction of sp³-hybridized carbons (Fsp3) is 0.381. The Morgan fingerprint density at radius 2 is 1.90 bits per heavy atom. The van der Waals surface area contributed by atoms with Crippen LogP contribution in [0.1, 0.15) is 31.2 Å². The van der Waals surface area contributed by atoms with Gasteiger partial charge in [-0.15, -0.1) is 0 Å². The van der Waals surface area contributed by atoms with Gasteiger partial charge in [0, 0.05) is 31.1 Å². The standard InChI is InChI=1S/C21H25FN2O4S/c1-28-20-8-3-2-6-16(20)15-23-21(25)14-18-7-4-5-13-24(18)29(26,27)19-11-9-17(22)10-12-19/h2-3,6,8-12,18H,4-5,7,13-15H2,1H3,(H,23,25). The summed E-state index contributed by atoms with van der Waals surface area (Å²) in [6.07, 6.45) is 2.29. The molecule has 1 unspecified atom stereocenters. The van der Waals surface area contributed by atoms with E-state index in [1.165, 1.54) is 16.4 Å². The number of ether oxygens (including phenoxy) is 1. The topological polar surface area (TPSA) is 75.7 Å². The van der Waals surface area contributed by atoms with Crippen molar-refractivity contribution in [3.05, 3.63) is 59.9 Å². The summed E-state index contributed by atoms with van der Waals surface area (Å²) < 4.78 is 45.9. The van der Waals surface area contributed by atoms with Crippen molar-refractivity contribution in [3.63, 3.8) is 0 Å². The second kappa shape index (κ2) is 9.37. The Kier molecular flexibility index (Phi) is 6.87. The van der Waals surface area contributed by atoms with Crippen LogP contribution in [0.3, 0.4) is 0 Å². The molecule has 0 saturated carbocycles. The number of hydrogen-bond donors (Lipinski definition) is 1. The van der Waals surface area contributed by atoms with E-state index < -0.39 is 21.9 Å². The Hall–Kier alpha value is -2.45. The highest BCUT2D eigenvalue weighted by Gasteiger charge is 2.34. The molecule has 156 valence electrons. The molecule has 1 amide bonds. The SMILES string of the molecule is COc1ccccc1CNC(=O)CC1CCCCN1S(=O)(=O)c1ccc(F)cc1. The molecule has 1 heterocycles. The molecule has 0 radical (unpaired) electrons. The van der Waals surface area contributed by atoms with Gasteiger partial charge in [0.25, 0.3) is 0 Å². The monoisotopic (exact) mass is 420 g/mol. The molecular formula is C21H25FN2O4S. The van der Waals surface area contributed by atoms with Crippen molar-refractivity contribution in [2.45, 2.75) is 43.2 Å². The number of hydrogen-bond acceptors (Lipinski definition) is 4. The lowest BCUT2D eigenvalue weighted by molar-refractivity contribution is -0.122. The van der Waals surface area contributed by atoms with E-state index >= 15 is 0 Å². The van der Waals surface area contributed by atoms with Crippen LogP contribution in [0.25, 0.3) is 0 Å². The Labute approximate surface area is 170 Å². The number of rotatable bonds is 7. The van der Waals surface area contributed by atoms with Crippen molar-refractivity contribution in [2.75, 3.05) is 13.7 Å². The maximum Gasteiger partial charge on any atom is 0.243 e. The summed E-state index contributed by atoms with van der Waals surface area (Å²) in [4.78, 5) is 12.6. The van der Waals surface area contributed by atoms with Gasteiger partial charge in [0.15, 0.2) is 0 Å². The average molecular weight is 421 g/mol. The second-order valence-corrected chi connectivity index (χ2v) is 8.90. The van der Waals surface area contributed by atoms with Crippen LogP contribution in [0.15, 0.2) is 53.4 Å². The lowest BCUT2D eigenvalue weighted by Crippen LogP contribution is -2.45. The Balaban J connectivity index is 1.68. The van der Waals surface area contributed by atoms with E-state index in [9.17, 15) is 17.6 Å². The first-order valence-electron chi connectivity index (χ1n) is 9.58. The number of benzene rings is 2. The Bertz CT molecular complexity index is 947. The summed E-state index contributed by atoms with van der Waals surface area (Å²) in [7, 11) is -2.21. The fourth-order valence-corrected chi connectivity index (χ4v) is 5.26. The van der Waals surface area contributed by atoms with Crippen LogP contribution in [0.2, 0.25) is 0 Å².